The van der Waals surface area contributed by atoms with Crippen LogP contribution in [-0.2, 0) is 9.53 Å². The molecule has 1 fully saturated rings. The van der Waals surface area contributed by atoms with E-state index >= 15 is 0 Å². The molecule has 1 saturated heterocycles. The maximum atomic E-state index is 12.8. The third kappa shape index (κ3) is 2.19. The SMILES string of the molecule is O=C(O)C(F)(F)C(O)C1CCOCC1. The Hall–Kier alpha value is -0.750. The average Bonchev–Trinajstić information content (AvgIpc) is 2.17. The minimum absolute atomic E-state index is 0.268. The Morgan fingerprint density at radius 2 is 1.93 bits per heavy atom. The Bertz CT molecular complexity index is 213. The summed E-state index contributed by atoms with van der Waals surface area (Å²) in [6.07, 6.45) is -1.59. The van der Waals surface area contributed by atoms with Gasteiger partial charge in [0.05, 0.1) is 0 Å². The molecule has 0 spiro atoms. The van der Waals surface area contributed by atoms with Gasteiger partial charge in [-0.3, -0.25) is 0 Å². The fourth-order valence-corrected chi connectivity index (χ4v) is 1.45. The van der Waals surface area contributed by atoms with E-state index in [9.17, 15) is 18.7 Å². The van der Waals surface area contributed by atoms with E-state index in [1.165, 1.54) is 0 Å². The van der Waals surface area contributed by atoms with Gasteiger partial charge >= 0.3 is 11.9 Å². The Kier molecular flexibility index (Phi) is 3.38. The molecule has 0 bridgehead atoms. The van der Waals surface area contributed by atoms with Crippen molar-refractivity contribution in [3.63, 3.8) is 0 Å². The number of halogens is 2. The highest BCUT2D eigenvalue weighted by molar-refractivity contribution is 5.76. The summed E-state index contributed by atoms with van der Waals surface area (Å²) in [7, 11) is 0. The zero-order valence-corrected chi connectivity index (χ0v) is 7.45. The van der Waals surface area contributed by atoms with E-state index in [-0.39, 0.29) is 26.1 Å². The van der Waals surface area contributed by atoms with E-state index in [0.717, 1.165) is 0 Å². The Labute approximate surface area is 79.5 Å². The fraction of sp³-hybridized carbons (Fsp3) is 0.875. The van der Waals surface area contributed by atoms with Crippen LogP contribution >= 0.6 is 0 Å². The first-order valence-electron chi connectivity index (χ1n) is 4.33. The molecule has 6 heteroatoms. The molecule has 2 N–H and O–H groups in total. The predicted molar refractivity (Wildman–Crippen MR) is 42.1 cm³/mol. The number of ether oxygens (including phenoxy) is 1. The normalized spacial score (nSPS) is 21.9. The van der Waals surface area contributed by atoms with Crippen molar-refractivity contribution in [2.45, 2.75) is 24.9 Å². The zero-order chi connectivity index (χ0) is 10.8. The van der Waals surface area contributed by atoms with Gasteiger partial charge in [-0.2, -0.15) is 8.78 Å². The molecule has 0 radical (unpaired) electrons. The van der Waals surface area contributed by atoms with Crippen molar-refractivity contribution >= 4 is 5.97 Å². The van der Waals surface area contributed by atoms with Crippen molar-refractivity contribution in [3.8, 4) is 0 Å². The molecule has 0 aliphatic carbocycles. The topological polar surface area (TPSA) is 66.8 Å². The largest absolute Gasteiger partial charge is 0.477 e. The summed E-state index contributed by atoms with van der Waals surface area (Å²) in [4.78, 5) is 10.2. The molecule has 0 aromatic rings. The number of hydrogen-bond acceptors (Lipinski definition) is 3. The first-order chi connectivity index (χ1) is 6.46. The number of aliphatic hydroxyl groups is 1. The summed E-state index contributed by atoms with van der Waals surface area (Å²) in [6.45, 7) is 0.578. The predicted octanol–water partition coefficient (Wildman–Crippen LogP) is 0.494. The third-order valence-electron chi connectivity index (χ3n) is 2.37. The highest BCUT2D eigenvalue weighted by Gasteiger charge is 2.50. The van der Waals surface area contributed by atoms with Crippen LogP contribution in [0.25, 0.3) is 0 Å². The van der Waals surface area contributed by atoms with E-state index < -0.39 is 23.9 Å². The highest BCUT2D eigenvalue weighted by atomic mass is 19.3. The van der Waals surface area contributed by atoms with Gasteiger partial charge in [-0.25, -0.2) is 4.79 Å². The first-order valence-corrected chi connectivity index (χ1v) is 4.33. The van der Waals surface area contributed by atoms with Crippen molar-refractivity contribution in [1.29, 1.82) is 0 Å². The molecule has 1 aliphatic rings. The second kappa shape index (κ2) is 4.18. The quantitative estimate of drug-likeness (QED) is 0.711. The van der Waals surface area contributed by atoms with Gasteiger partial charge in [0.15, 0.2) is 0 Å². The van der Waals surface area contributed by atoms with Crippen molar-refractivity contribution < 1.29 is 28.5 Å². The van der Waals surface area contributed by atoms with Gasteiger partial charge in [0.1, 0.15) is 6.10 Å². The van der Waals surface area contributed by atoms with Crippen molar-refractivity contribution in [1.82, 2.24) is 0 Å². The average molecular weight is 210 g/mol. The standard InChI is InChI=1S/C8H12F2O4/c9-8(10,7(12)13)6(11)5-1-3-14-4-2-5/h5-6,11H,1-4H2,(H,12,13). The van der Waals surface area contributed by atoms with Crippen LogP contribution < -0.4 is 0 Å². The second-order valence-electron chi connectivity index (χ2n) is 3.32. The van der Waals surface area contributed by atoms with Crippen LogP contribution in [0, 0.1) is 5.92 Å². The van der Waals surface area contributed by atoms with Crippen molar-refractivity contribution in [2.75, 3.05) is 13.2 Å². The van der Waals surface area contributed by atoms with Crippen LogP contribution in [0.3, 0.4) is 0 Å². The smallest absolute Gasteiger partial charge is 0.377 e. The van der Waals surface area contributed by atoms with E-state index in [1.807, 2.05) is 0 Å². The molecule has 1 unspecified atom stereocenters. The van der Waals surface area contributed by atoms with Gasteiger partial charge in [0.25, 0.3) is 0 Å². The lowest BCUT2D eigenvalue weighted by atomic mass is 9.90. The molecule has 0 amide bonds. The maximum absolute atomic E-state index is 12.8. The lowest BCUT2D eigenvalue weighted by Gasteiger charge is -2.29. The Morgan fingerprint density at radius 1 is 1.43 bits per heavy atom. The van der Waals surface area contributed by atoms with Gasteiger partial charge < -0.3 is 14.9 Å². The van der Waals surface area contributed by atoms with Gasteiger partial charge in [0.2, 0.25) is 0 Å². The van der Waals surface area contributed by atoms with Crippen molar-refractivity contribution in [2.24, 2.45) is 5.92 Å². The van der Waals surface area contributed by atoms with Crippen LogP contribution in [-0.4, -0.2) is 41.4 Å². The number of rotatable bonds is 3. The van der Waals surface area contributed by atoms with E-state index in [0.29, 0.717) is 0 Å². The zero-order valence-electron chi connectivity index (χ0n) is 7.45. The lowest BCUT2D eigenvalue weighted by Crippen LogP contribution is -2.47. The van der Waals surface area contributed by atoms with Crippen LogP contribution in [0.15, 0.2) is 0 Å². The molecule has 1 heterocycles. The van der Waals surface area contributed by atoms with Crippen molar-refractivity contribution in [3.05, 3.63) is 0 Å². The molecule has 0 saturated carbocycles. The first kappa shape index (κ1) is 11.3. The molecular weight excluding hydrogens is 198 g/mol. The summed E-state index contributed by atoms with van der Waals surface area (Å²) in [6, 6.07) is 0. The number of carboxylic acid groups (broad SMARTS) is 1. The summed E-state index contributed by atoms with van der Waals surface area (Å²) in [5.74, 6) is -7.05. The summed E-state index contributed by atoms with van der Waals surface area (Å²) < 4.78 is 30.6. The number of aliphatic carboxylic acids is 1. The summed E-state index contributed by atoms with van der Waals surface area (Å²) in [5, 5.41) is 17.4. The van der Waals surface area contributed by atoms with E-state index in [4.69, 9.17) is 9.84 Å². The number of alkyl halides is 2. The number of aliphatic hydroxyl groups excluding tert-OH is 1. The minimum Gasteiger partial charge on any atom is -0.477 e. The number of carbonyl (C=O) groups is 1. The molecule has 14 heavy (non-hydrogen) atoms. The molecule has 1 rings (SSSR count). The van der Waals surface area contributed by atoms with Crippen LogP contribution in [0.5, 0.6) is 0 Å². The highest BCUT2D eigenvalue weighted by Crippen LogP contribution is 2.30. The monoisotopic (exact) mass is 210 g/mol. The molecule has 4 nitrogen and oxygen atoms in total. The van der Waals surface area contributed by atoms with Gasteiger partial charge in [-0.05, 0) is 18.8 Å². The van der Waals surface area contributed by atoms with Crippen LogP contribution in [0.1, 0.15) is 12.8 Å². The Morgan fingerprint density at radius 3 is 2.36 bits per heavy atom. The van der Waals surface area contributed by atoms with Crippen LogP contribution in [0.2, 0.25) is 0 Å². The second-order valence-corrected chi connectivity index (χ2v) is 3.32. The molecule has 82 valence electrons. The molecule has 0 aromatic carbocycles. The van der Waals surface area contributed by atoms with Gasteiger partial charge in [0, 0.05) is 13.2 Å². The summed E-state index contributed by atoms with van der Waals surface area (Å²) in [5.41, 5.74) is 0. The maximum Gasteiger partial charge on any atom is 0.377 e. The lowest BCUT2D eigenvalue weighted by molar-refractivity contribution is -0.191. The Balaban J connectivity index is 2.62. The van der Waals surface area contributed by atoms with E-state index in [1.54, 1.807) is 0 Å². The minimum atomic E-state index is -4.07. The molecular formula is C8H12F2O4. The molecule has 0 aromatic heterocycles. The van der Waals surface area contributed by atoms with Gasteiger partial charge in [-0.1, -0.05) is 0 Å². The van der Waals surface area contributed by atoms with Gasteiger partial charge in [-0.15, -0.1) is 0 Å². The van der Waals surface area contributed by atoms with Crippen LogP contribution in [0.4, 0.5) is 8.78 Å². The molecule has 1 aliphatic heterocycles. The number of hydrogen-bond donors (Lipinski definition) is 2. The summed E-state index contributed by atoms with van der Waals surface area (Å²) >= 11 is 0. The third-order valence-corrected chi connectivity index (χ3v) is 2.37. The molecule has 1 atom stereocenters. The number of carboxylic acids is 1. The van der Waals surface area contributed by atoms with E-state index in [2.05, 4.69) is 0 Å². The fourth-order valence-electron chi connectivity index (χ4n) is 1.45.